The molecule has 0 saturated heterocycles. The Bertz CT molecular complexity index is 685. The molecule has 2 aromatic carbocycles. The fourth-order valence-corrected chi connectivity index (χ4v) is 2.36. The molecule has 1 unspecified atom stereocenters. The summed E-state index contributed by atoms with van der Waals surface area (Å²) >= 11 is 0. The number of hydrogen-bond donors (Lipinski definition) is 0. The van der Waals surface area contributed by atoms with Crippen molar-refractivity contribution in [3.8, 4) is 0 Å². The Kier molecular flexibility index (Phi) is 2.59. The Morgan fingerprint density at radius 2 is 1.72 bits per heavy atom. The van der Waals surface area contributed by atoms with Crippen LogP contribution in [0.5, 0.6) is 0 Å². The monoisotopic (exact) mass is 237 g/mol. The summed E-state index contributed by atoms with van der Waals surface area (Å²) in [6.07, 6.45) is 0. The summed E-state index contributed by atoms with van der Waals surface area (Å²) in [5.74, 6) is 0. The standard InChI is InChI=1S/C15H15N3/c1-11-7-3-4-8-13(11)12(2)18-15-10-6-5-9-14(15)16-17-18/h3-10,12H,1-2H3. The van der Waals surface area contributed by atoms with Crippen LogP contribution < -0.4 is 0 Å². The molecule has 0 aliphatic heterocycles. The predicted octanol–water partition coefficient (Wildman–Crippen LogP) is 3.35. The smallest absolute Gasteiger partial charge is 0.113 e. The van der Waals surface area contributed by atoms with Crippen LogP contribution in [-0.2, 0) is 0 Å². The van der Waals surface area contributed by atoms with E-state index in [0.29, 0.717) is 0 Å². The number of nitrogens with zero attached hydrogens (tertiary/aromatic N) is 3. The van der Waals surface area contributed by atoms with E-state index in [1.165, 1.54) is 11.1 Å². The van der Waals surface area contributed by atoms with Gasteiger partial charge in [-0.2, -0.15) is 0 Å². The summed E-state index contributed by atoms with van der Waals surface area (Å²) in [5.41, 5.74) is 4.59. The Morgan fingerprint density at radius 3 is 2.56 bits per heavy atom. The van der Waals surface area contributed by atoms with E-state index in [4.69, 9.17) is 0 Å². The maximum atomic E-state index is 4.28. The van der Waals surface area contributed by atoms with Crippen LogP contribution in [-0.4, -0.2) is 15.0 Å². The minimum atomic E-state index is 0.193. The van der Waals surface area contributed by atoms with Crippen LogP contribution >= 0.6 is 0 Å². The summed E-state index contributed by atoms with van der Waals surface area (Å²) < 4.78 is 1.98. The molecule has 1 atom stereocenters. The number of aromatic nitrogens is 3. The van der Waals surface area contributed by atoms with Crippen LogP contribution in [0.2, 0.25) is 0 Å². The molecule has 1 aromatic heterocycles. The minimum Gasteiger partial charge on any atom is -0.237 e. The molecule has 0 bridgehead atoms. The second-order valence-electron chi connectivity index (χ2n) is 4.56. The zero-order chi connectivity index (χ0) is 12.5. The van der Waals surface area contributed by atoms with Crippen molar-refractivity contribution in [2.24, 2.45) is 0 Å². The Morgan fingerprint density at radius 1 is 1.00 bits per heavy atom. The highest BCUT2D eigenvalue weighted by Gasteiger charge is 2.14. The molecule has 90 valence electrons. The van der Waals surface area contributed by atoms with Gasteiger partial charge < -0.3 is 0 Å². The zero-order valence-electron chi connectivity index (χ0n) is 10.5. The van der Waals surface area contributed by atoms with Gasteiger partial charge in [0.05, 0.1) is 11.6 Å². The third-order valence-electron chi connectivity index (χ3n) is 3.38. The van der Waals surface area contributed by atoms with Crippen LogP contribution in [0, 0.1) is 6.92 Å². The highest BCUT2D eigenvalue weighted by molar-refractivity contribution is 5.74. The normalized spacial score (nSPS) is 12.8. The first-order chi connectivity index (χ1) is 8.77. The number of rotatable bonds is 2. The van der Waals surface area contributed by atoms with Gasteiger partial charge in [0.15, 0.2) is 0 Å². The van der Waals surface area contributed by atoms with E-state index in [0.717, 1.165) is 11.0 Å². The van der Waals surface area contributed by atoms with Crippen molar-refractivity contribution >= 4 is 11.0 Å². The Labute approximate surface area is 106 Å². The highest BCUT2D eigenvalue weighted by Crippen LogP contribution is 2.23. The van der Waals surface area contributed by atoms with E-state index in [-0.39, 0.29) is 6.04 Å². The van der Waals surface area contributed by atoms with E-state index >= 15 is 0 Å². The van der Waals surface area contributed by atoms with E-state index in [2.05, 4.69) is 54.5 Å². The molecule has 0 aliphatic carbocycles. The van der Waals surface area contributed by atoms with Crippen LogP contribution in [0.4, 0.5) is 0 Å². The van der Waals surface area contributed by atoms with Gasteiger partial charge in [-0.15, -0.1) is 5.10 Å². The van der Waals surface area contributed by atoms with Crippen molar-refractivity contribution in [3.05, 3.63) is 59.7 Å². The number of fused-ring (bicyclic) bond motifs is 1. The van der Waals surface area contributed by atoms with Gasteiger partial charge in [-0.25, -0.2) is 4.68 Å². The van der Waals surface area contributed by atoms with Gasteiger partial charge in [0.25, 0.3) is 0 Å². The van der Waals surface area contributed by atoms with Crippen LogP contribution in [0.25, 0.3) is 11.0 Å². The molecule has 0 fully saturated rings. The average Bonchev–Trinajstić information content (AvgIpc) is 2.82. The third kappa shape index (κ3) is 1.68. The molecule has 3 heteroatoms. The van der Waals surface area contributed by atoms with Gasteiger partial charge in [0, 0.05) is 0 Å². The molecule has 18 heavy (non-hydrogen) atoms. The summed E-state index contributed by atoms with van der Waals surface area (Å²) in [5, 5.41) is 8.49. The van der Waals surface area contributed by atoms with E-state index in [9.17, 15) is 0 Å². The molecule has 0 aliphatic rings. The Hall–Kier alpha value is -2.16. The van der Waals surface area contributed by atoms with Crippen molar-refractivity contribution in [2.75, 3.05) is 0 Å². The van der Waals surface area contributed by atoms with Gasteiger partial charge >= 0.3 is 0 Å². The first-order valence-electron chi connectivity index (χ1n) is 6.13. The lowest BCUT2D eigenvalue weighted by molar-refractivity contribution is 0.558. The van der Waals surface area contributed by atoms with Crippen molar-refractivity contribution < 1.29 is 0 Å². The summed E-state index contributed by atoms with van der Waals surface area (Å²) in [4.78, 5) is 0. The molecule has 0 radical (unpaired) electrons. The summed E-state index contributed by atoms with van der Waals surface area (Å²) in [7, 11) is 0. The van der Waals surface area contributed by atoms with Crippen molar-refractivity contribution in [1.29, 1.82) is 0 Å². The van der Waals surface area contributed by atoms with E-state index < -0.39 is 0 Å². The van der Waals surface area contributed by atoms with Crippen LogP contribution in [0.3, 0.4) is 0 Å². The molecule has 0 amide bonds. The lowest BCUT2D eigenvalue weighted by Crippen LogP contribution is -2.09. The SMILES string of the molecule is Cc1ccccc1C(C)n1nnc2ccccc21. The van der Waals surface area contributed by atoms with Crippen molar-refractivity contribution in [1.82, 2.24) is 15.0 Å². The second kappa shape index (κ2) is 4.26. The molecule has 0 spiro atoms. The number of para-hydroxylation sites is 1. The first kappa shape index (κ1) is 11.0. The molecule has 0 saturated carbocycles. The minimum absolute atomic E-state index is 0.193. The molecule has 0 N–H and O–H groups in total. The number of aryl methyl sites for hydroxylation is 1. The van der Waals surface area contributed by atoms with E-state index in [1.54, 1.807) is 0 Å². The number of benzene rings is 2. The predicted molar refractivity (Wildman–Crippen MR) is 72.5 cm³/mol. The maximum Gasteiger partial charge on any atom is 0.113 e. The fourth-order valence-electron chi connectivity index (χ4n) is 2.36. The largest absolute Gasteiger partial charge is 0.237 e. The van der Waals surface area contributed by atoms with Crippen LogP contribution in [0.15, 0.2) is 48.5 Å². The van der Waals surface area contributed by atoms with Gasteiger partial charge in [-0.05, 0) is 37.1 Å². The van der Waals surface area contributed by atoms with Gasteiger partial charge in [0.1, 0.15) is 5.52 Å². The molecular formula is C15H15N3. The molecule has 3 aromatic rings. The fraction of sp³-hybridized carbons (Fsp3) is 0.200. The number of hydrogen-bond acceptors (Lipinski definition) is 2. The molecule has 3 nitrogen and oxygen atoms in total. The van der Waals surface area contributed by atoms with Gasteiger partial charge in [0.2, 0.25) is 0 Å². The summed E-state index contributed by atoms with van der Waals surface area (Å²) in [6, 6.07) is 16.7. The lowest BCUT2D eigenvalue weighted by atomic mass is 10.0. The Balaban J connectivity index is 2.13. The van der Waals surface area contributed by atoms with Gasteiger partial charge in [-0.1, -0.05) is 41.6 Å². The highest BCUT2D eigenvalue weighted by atomic mass is 15.4. The van der Waals surface area contributed by atoms with Crippen molar-refractivity contribution in [2.45, 2.75) is 19.9 Å². The first-order valence-corrected chi connectivity index (χ1v) is 6.13. The third-order valence-corrected chi connectivity index (χ3v) is 3.38. The van der Waals surface area contributed by atoms with Gasteiger partial charge in [-0.3, -0.25) is 0 Å². The molecular weight excluding hydrogens is 222 g/mol. The zero-order valence-corrected chi connectivity index (χ0v) is 10.5. The van der Waals surface area contributed by atoms with Crippen molar-refractivity contribution in [3.63, 3.8) is 0 Å². The van der Waals surface area contributed by atoms with Crippen LogP contribution in [0.1, 0.15) is 24.1 Å². The summed E-state index contributed by atoms with van der Waals surface area (Å²) in [6.45, 7) is 4.29. The molecule has 3 rings (SSSR count). The second-order valence-corrected chi connectivity index (χ2v) is 4.56. The lowest BCUT2D eigenvalue weighted by Gasteiger charge is -2.15. The topological polar surface area (TPSA) is 30.7 Å². The molecule has 1 heterocycles. The van der Waals surface area contributed by atoms with E-state index in [1.807, 2.05) is 22.9 Å². The average molecular weight is 237 g/mol. The quantitative estimate of drug-likeness (QED) is 0.684. The maximum absolute atomic E-state index is 4.28.